The van der Waals surface area contributed by atoms with Gasteiger partial charge < -0.3 is 15.2 Å². The molecule has 1 atom stereocenters. The minimum absolute atomic E-state index is 0.115. The first-order chi connectivity index (χ1) is 9.42. The maximum atomic E-state index is 11.6. The van der Waals surface area contributed by atoms with Crippen molar-refractivity contribution in [3.05, 3.63) is 29.8 Å². The fourth-order valence-corrected chi connectivity index (χ4v) is 1.67. The first-order valence-corrected chi connectivity index (χ1v) is 6.07. The highest BCUT2D eigenvalue weighted by Gasteiger charge is 2.22. The van der Waals surface area contributed by atoms with Gasteiger partial charge in [-0.25, -0.2) is 4.79 Å². The molecule has 6 heteroatoms. The number of phenolic OH excluding ortho intramolecular Hbond substituents is 1. The van der Waals surface area contributed by atoms with Crippen LogP contribution >= 0.6 is 0 Å². The number of amides is 1. The van der Waals surface area contributed by atoms with Gasteiger partial charge in [0.15, 0.2) is 0 Å². The third-order valence-corrected chi connectivity index (χ3v) is 2.61. The van der Waals surface area contributed by atoms with Crippen LogP contribution in [0.15, 0.2) is 24.3 Å². The van der Waals surface area contributed by atoms with E-state index in [1.165, 1.54) is 26.2 Å². The molecule has 20 heavy (non-hydrogen) atoms. The molecule has 1 rings (SSSR count). The van der Waals surface area contributed by atoms with E-state index in [-0.39, 0.29) is 24.4 Å². The molecule has 1 amide bonds. The molecule has 6 nitrogen and oxygen atoms in total. The van der Waals surface area contributed by atoms with Crippen molar-refractivity contribution in [1.82, 2.24) is 5.32 Å². The summed E-state index contributed by atoms with van der Waals surface area (Å²) in [6, 6.07) is 5.39. The standard InChI is InChI=1S/C14H17NO5/c1-9(16)7-13(18)15-12(14(19)20-2)8-10-3-5-11(17)6-4-10/h3-6,12,17H,7-8H2,1-2H3,(H,15,18). The Morgan fingerprint density at radius 1 is 1.25 bits per heavy atom. The molecule has 0 saturated carbocycles. The highest BCUT2D eigenvalue weighted by atomic mass is 16.5. The molecule has 2 N–H and O–H groups in total. The number of hydrogen-bond donors (Lipinski definition) is 2. The first-order valence-electron chi connectivity index (χ1n) is 6.07. The van der Waals surface area contributed by atoms with Gasteiger partial charge in [0, 0.05) is 6.42 Å². The van der Waals surface area contributed by atoms with Gasteiger partial charge in [0.1, 0.15) is 17.6 Å². The number of benzene rings is 1. The molecule has 0 aromatic heterocycles. The summed E-state index contributed by atoms with van der Waals surface area (Å²) in [7, 11) is 1.23. The summed E-state index contributed by atoms with van der Waals surface area (Å²) in [6.07, 6.45) is -0.0559. The number of hydrogen-bond acceptors (Lipinski definition) is 5. The smallest absolute Gasteiger partial charge is 0.328 e. The fourth-order valence-electron chi connectivity index (χ4n) is 1.67. The summed E-state index contributed by atoms with van der Waals surface area (Å²) in [5, 5.41) is 11.7. The lowest BCUT2D eigenvalue weighted by Gasteiger charge is -2.16. The second-order valence-electron chi connectivity index (χ2n) is 4.39. The van der Waals surface area contributed by atoms with Crippen molar-refractivity contribution >= 4 is 17.7 Å². The number of rotatable bonds is 6. The molecular formula is C14H17NO5. The van der Waals surface area contributed by atoms with Gasteiger partial charge in [-0.15, -0.1) is 0 Å². The first kappa shape index (κ1) is 15.7. The Morgan fingerprint density at radius 3 is 2.35 bits per heavy atom. The Bertz CT molecular complexity index is 495. The van der Waals surface area contributed by atoms with E-state index >= 15 is 0 Å². The van der Waals surface area contributed by atoms with E-state index in [0.29, 0.717) is 0 Å². The molecule has 1 unspecified atom stereocenters. The zero-order valence-electron chi connectivity index (χ0n) is 11.4. The van der Waals surface area contributed by atoms with Gasteiger partial charge in [-0.2, -0.15) is 0 Å². The lowest BCUT2D eigenvalue weighted by molar-refractivity contribution is -0.145. The van der Waals surface area contributed by atoms with Crippen molar-refractivity contribution in [2.24, 2.45) is 0 Å². The third kappa shape index (κ3) is 5.09. The molecule has 0 heterocycles. The zero-order valence-corrected chi connectivity index (χ0v) is 11.4. The second-order valence-corrected chi connectivity index (χ2v) is 4.39. The van der Waals surface area contributed by atoms with Gasteiger partial charge in [0.2, 0.25) is 5.91 Å². The SMILES string of the molecule is COC(=O)C(Cc1ccc(O)cc1)NC(=O)CC(C)=O. The summed E-state index contributed by atoms with van der Waals surface area (Å²) in [6.45, 7) is 1.30. The number of phenols is 1. The van der Waals surface area contributed by atoms with Gasteiger partial charge >= 0.3 is 5.97 Å². The highest BCUT2D eigenvalue weighted by Crippen LogP contribution is 2.12. The summed E-state index contributed by atoms with van der Waals surface area (Å²) in [5.74, 6) is -1.28. The lowest BCUT2D eigenvalue weighted by atomic mass is 10.1. The lowest BCUT2D eigenvalue weighted by Crippen LogP contribution is -2.43. The van der Waals surface area contributed by atoms with E-state index in [2.05, 4.69) is 10.1 Å². The summed E-state index contributed by atoms with van der Waals surface area (Å²) in [5.41, 5.74) is 0.751. The number of methoxy groups -OCH3 is 1. The highest BCUT2D eigenvalue weighted by molar-refractivity contribution is 5.98. The van der Waals surface area contributed by atoms with E-state index in [1.807, 2.05) is 0 Å². The zero-order chi connectivity index (χ0) is 15.1. The summed E-state index contributed by atoms with van der Waals surface area (Å²) in [4.78, 5) is 34.0. The molecule has 0 saturated heterocycles. The number of nitrogens with one attached hydrogen (secondary N) is 1. The van der Waals surface area contributed by atoms with Crippen molar-refractivity contribution in [1.29, 1.82) is 0 Å². The van der Waals surface area contributed by atoms with E-state index in [0.717, 1.165) is 5.56 Å². The minimum Gasteiger partial charge on any atom is -0.508 e. The average Bonchev–Trinajstić information content (AvgIpc) is 2.38. The maximum Gasteiger partial charge on any atom is 0.328 e. The van der Waals surface area contributed by atoms with E-state index in [1.54, 1.807) is 12.1 Å². The molecular weight excluding hydrogens is 262 g/mol. The topological polar surface area (TPSA) is 92.7 Å². The molecule has 0 fully saturated rings. The summed E-state index contributed by atoms with van der Waals surface area (Å²) < 4.78 is 4.63. The van der Waals surface area contributed by atoms with Crippen molar-refractivity contribution in [2.75, 3.05) is 7.11 Å². The Kier molecular flexibility index (Phi) is 5.71. The van der Waals surface area contributed by atoms with Crippen LogP contribution in [-0.2, 0) is 25.5 Å². The van der Waals surface area contributed by atoms with Crippen LogP contribution in [0.25, 0.3) is 0 Å². The maximum absolute atomic E-state index is 11.6. The second kappa shape index (κ2) is 7.28. The number of carbonyl (C=O) groups is 3. The Hall–Kier alpha value is -2.37. The average molecular weight is 279 g/mol. The van der Waals surface area contributed by atoms with E-state index in [9.17, 15) is 19.5 Å². The molecule has 0 bridgehead atoms. The minimum atomic E-state index is -0.864. The van der Waals surface area contributed by atoms with Crippen molar-refractivity contribution in [2.45, 2.75) is 25.8 Å². The number of ketones is 1. The monoisotopic (exact) mass is 279 g/mol. The van der Waals surface area contributed by atoms with Crippen LogP contribution in [0.4, 0.5) is 0 Å². The number of aromatic hydroxyl groups is 1. The van der Waals surface area contributed by atoms with Gasteiger partial charge in [0.25, 0.3) is 0 Å². The number of carbonyl (C=O) groups excluding carboxylic acids is 3. The van der Waals surface area contributed by atoms with E-state index < -0.39 is 17.9 Å². The molecule has 1 aromatic carbocycles. The number of esters is 1. The predicted octanol–water partition coefficient (Wildman–Crippen LogP) is 0.572. The molecule has 0 aliphatic carbocycles. The van der Waals surface area contributed by atoms with Crippen molar-refractivity contribution in [3.63, 3.8) is 0 Å². The summed E-state index contributed by atoms with van der Waals surface area (Å²) >= 11 is 0. The van der Waals surface area contributed by atoms with Crippen LogP contribution in [0.2, 0.25) is 0 Å². The fraction of sp³-hybridized carbons (Fsp3) is 0.357. The van der Waals surface area contributed by atoms with Gasteiger partial charge in [-0.3, -0.25) is 9.59 Å². The molecule has 1 aromatic rings. The van der Waals surface area contributed by atoms with Gasteiger partial charge in [-0.1, -0.05) is 12.1 Å². The normalized spacial score (nSPS) is 11.5. The molecule has 108 valence electrons. The quantitative estimate of drug-likeness (QED) is 0.586. The largest absolute Gasteiger partial charge is 0.508 e. The van der Waals surface area contributed by atoms with Crippen molar-refractivity contribution < 1.29 is 24.2 Å². The van der Waals surface area contributed by atoms with Crippen LogP contribution < -0.4 is 5.32 Å². The van der Waals surface area contributed by atoms with Gasteiger partial charge in [-0.05, 0) is 24.6 Å². The molecule has 0 aliphatic heterocycles. The van der Waals surface area contributed by atoms with Gasteiger partial charge in [0.05, 0.1) is 13.5 Å². The molecule has 0 radical (unpaired) electrons. The van der Waals surface area contributed by atoms with Crippen LogP contribution in [0.5, 0.6) is 5.75 Å². The Balaban J connectivity index is 2.74. The Morgan fingerprint density at radius 2 is 1.85 bits per heavy atom. The van der Waals surface area contributed by atoms with Crippen LogP contribution in [0.3, 0.4) is 0 Å². The van der Waals surface area contributed by atoms with E-state index in [4.69, 9.17) is 0 Å². The van der Waals surface area contributed by atoms with Crippen LogP contribution in [0, 0.1) is 0 Å². The van der Waals surface area contributed by atoms with Crippen molar-refractivity contribution in [3.8, 4) is 5.75 Å². The Labute approximate surface area is 116 Å². The third-order valence-electron chi connectivity index (χ3n) is 2.61. The van der Waals surface area contributed by atoms with Crippen LogP contribution in [-0.4, -0.2) is 35.9 Å². The van der Waals surface area contributed by atoms with Crippen LogP contribution in [0.1, 0.15) is 18.9 Å². The molecule has 0 aliphatic rings. The number of ether oxygens (including phenoxy) is 1. The number of Topliss-reactive ketones (excluding diaryl/α,β-unsaturated/α-hetero) is 1. The molecule has 0 spiro atoms. The predicted molar refractivity (Wildman–Crippen MR) is 71.1 cm³/mol.